The van der Waals surface area contributed by atoms with Gasteiger partial charge in [-0.15, -0.1) is 0 Å². The number of hydrogen-bond donors (Lipinski definition) is 0. The summed E-state index contributed by atoms with van der Waals surface area (Å²) in [4.78, 5) is 10.6. The second-order valence-electron chi connectivity index (χ2n) is 4.50. The summed E-state index contributed by atoms with van der Waals surface area (Å²) in [5, 5.41) is 0. The highest BCUT2D eigenvalue weighted by molar-refractivity contribution is 5.65. The van der Waals surface area contributed by atoms with Gasteiger partial charge in [-0.25, -0.2) is 0 Å². The van der Waals surface area contributed by atoms with Crippen LogP contribution in [-0.4, -0.2) is 12.6 Å². The standard InChI is InChI=1S/C16H22O2/c1-14(16-11-7-3-4-8-12-16)10-6-5-9-13-18-15(2)17/h3-4,6-8,10-12,14,16H,5,9,13H2,1-2H3. The minimum Gasteiger partial charge on any atom is -0.466 e. The number of esters is 1. The van der Waals surface area contributed by atoms with E-state index >= 15 is 0 Å². The van der Waals surface area contributed by atoms with Gasteiger partial charge in [-0.3, -0.25) is 4.79 Å². The molecule has 2 nitrogen and oxygen atoms in total. The van der Waals surface area contributed by atoms with Gasteiger partial charge in [0.15, 0.2) is 0 Å². The molecular weight excluding hydrogens is 224 g/mol. The Kier molecular flexibility index (Phi) is 6.85. The van der Waals surface area contributed by atoms with E-state index in [0.717, 1.165) is 12.8 Å². The summed E-state index contributed by atoms with van der Waals surface area (Å²) < 4.78 is 4.88. The molecule has 0 aromatic rings. The first-order chi connectivity index (χ1) is 8.70. The predicted molar refractivity (Wildman–Crippen MR) is 75.1 cm³/mol. The topological polar surface area (TPSA) is 26.3 Å². The Morgan fingerprint density at radius 3 is 2.56 bits per heavy atom. The van der Waals surface area contributed by atoms with Crippen molar-refractivity contribution in [2.24, 2.45) is 11.8 Å². The highest BCUT2D eigenvalue weighted by Gasteiger charge is 2.07. The number of hydrogen-bond acceptors (Lipinski definition) is 2. The number of ether oxygens (including phenoxy) is 1. The summed E-state index contributed by atoms with van der Waals surface area (Å²) in [6.45, 7) is 4.17. The summed E-state index contributed by atoms with van der Waals surface area (Å²) in [5.41, 5.74) is 0. The van der Waals surface area contributed by atoms with Crippen LogP contribution in [0.3, 0.4) is 0 Å². The van der Waals surface area contributed by atoms with Crippen molar-refractivity contribution in [3.8, 4) is 0 Å². The molecule has 0 fully saturated rings. The van der Waals surface area contributed by atoms with Crippen LogP contribution in [0, 0.1) is 11.8 Å². The van der Waals surface area contributed by atoms with E-state index in [1.807, 2.05) is 12.2 Å². The van der Waals surface area contributed by atoms with Gasteiger partial charge in [0.05, 0.1) is 6.61 Å². The Morgan fingerprint density at radius 1 is 1.28 bits per heavy atom. The molecule has 0 amide bonds. The normalized spacial score (nSPS) is 17.0. The van der Waals surface area contributed by atoms with E-state index in [2.05, 4.69) is 43.4 Å². The zero-order valence-electron chi connectivity index (χ0n) is 11.2. The van der Waals surface area contributed by atoms with Crippen LogP contribution in [-0.2, 0) is 9.53 Å². The molecule has 0 bridgehead atoms. The largest absolute Gasteiger partial charge is 0.466 e. The third-order valence-electron chi connectivity index (χ3n) is 2.87. The minimum absolute atomic E-state index is 0.200. The van der Waals surface area contributed by atoms with Gasteiger partial charge in [0, 0.05) is 12.8 Å². The SMILES string of the molecule is CC(=O)OCCCC=CC(C)C1C=CC=CC=C1. The molecule has 0 aromatic heterocycles. The average molecular weight is 246 g/mol. The average Bonchev–Trinajstić information content (AvgIpc) is 2.61. The summed E-state index contributed by atoms with van der Waals surface area (Å²) in [7, 11) is 0. The molecule has 0 aliphatic heterocycles. The molecule has 1 unspecified atom stereocenters. The Labute approximate surface area is 110 Å². The van der Waals surface area contributed by atoms with Gasteiger partial charge in [0.25, 0.3) is 0 Å². The lowest BCUT2D eigenvalue weighted by atomic mass is 9.93. The van der Waals surface area contributed by atoms with E-state index < -0.39 is 0 Å². The molecule has 0 radical (unpaired) electrons. The first-order valence-electron chi connectivity index (χ1n) is 6.52. The molecular formula is C16H22O2. The number of rotatable bonds is 6. The van der Waals surface area contributed by atoms with Gasteiger partial charge in [0.2, 0.25) is 0 Å². The molecule has 0 spiro atoms. The lowest BCUT2D eigenvalue weighted by Gasteiger charge is -2.12. The molecule has 0 saturated heterocycles. The predicted octanol–water partition coefficient (Wildman–Crippen LogP) is 3.82. The maximum absolute atomic E-state index is 10.6. The highest BCUT2D eigenvalue weighted by atomic mass is 16.5. The van der Waals surface area contributed by atoms with Crippen LogP contribution < -0.4 is 0 Å². The van der Waals surface area contributed by atoms with Crippen molar-refractivity contribution in [1.29, 1.82) is 0 Å². The van der Waals surface area contributed by atoms with Crippen LogP contribution in [0.1, 0.15) is 26.7 Å². The number of carbonyl (C=O) groups excluding carboxylic acids is 1. The van der Waals surface area contributed by atoms with Crippen LogP contribution in [0.25, 0.3) is 0 Å². The first-order valence-corrected chi connectivity index (χ1v) is 6.52. The van der Waals surface area contributed by atoms with E-state index in [0.29, 0.717) is 18.4 Å². The molecule has 0 saturated carbocycles. The van der Waals surface area contributed by atoms with E-state index in [-0.39, 0.29) is 5.97 Å². The molecule has 2 heteroatoms. The maximum Gasteiger partial charge on any atom is 0.302 e. The molecule has 0 heterocycles. The monoisotopic (exact) mass is 246 g/mol. The maximum atomic E-state index is 10.6. The summed E-state index contributed by atoms with van der Waals surface area (Å²) in [5.74, 6) is 0.754. The molecule has 1 atom stereocenters. The summed E-state index contributed by atoms with van der Waals surface area (Å²) >= 11 is 0. The third-order valence-corrected chi connectivity index (χ3v) is 2.87. The van der Waals surface area contributed by atoms with E-state index in [1.165, 1.54) is 6.92 Å². The number of allylic oxidation sites excluding steroid dienone is 8. The van der Waals surface area contributed by atoms with Crippen LogP contribution in [0.15, 0.2) is 48.6 Å². The zero-order valence-corrected chi connectivity index (χ0v) is 11.2. The quantitative estimate of drug-likeness (QED) is 0.404. The van der Waals surface area contributed by atoms with E-state index in [9.17, 15) is 4.79 Å². The van der Waals surface area contributed by atoms with Crippen molar-refractivity contribution in [2.45, 2.75) is 26.7 Å². The van der Waals surface area contributed by atoms with Crippen molar-refractivity contribution in [1.82, 2.24) is 0 Å². The van der Waals surface area contributed by atoms with Crippen molar-refractivity contribution in [2.75, 3.05) is 6.61 Å². The van der Waals surface area contributed by atoms with Gasteiger partial charge in [-0.1, -0.05) is 55.5 Å². The molecule has 0 N–H and O–H groups in total. The molecule has 98 valence electrons. The number of carbonyl (C=O) groups is 1. The highest BCUT2D eigenvalue weighted by Crippen LogP contribution is 2.18. The van der Waals surface area contributed by atoms with Crippen molar-refractivity contribution in [3.05, 3.63) is 48.6 Å². The van der Waals surface area contributed by atoms with Crippen LogP contribution in [0.5, 0.6) is 0 Å². The fourth-order valence-electron chi connectivity index (χ4n) is 1.78. The van der Waals surface area contributed by atoms with E-state index in [4.69, 9.17) is 4.74 Å². The van der Waals surface area contributed by atoms with Crippen LogP contribution in [0.4, 0.5) is 0 Å². The molecule has 1 aliphatic carbocycles. The minimum atomic E-state index is -0.200. The van der Waals surface area contributed by atoms with Crippen molar-refractivity contribution < 1.29 is 9.53 Å². The van der Waals surface area contributed by atoms with Crippen molar-refractivity contribution >= 4 is 5.97 Å². The second kappa shape index (κ2) is 8.51. The molecule has 18 heavy (non-hydrogen) atoms. The third kappa shape index (κ3) is 6.24. The molecule has 0 aromatic carbocycles. The van der Waals surface area contributed by atoms with Gasteiger partial charge in [-0.2, -0.15) is 0 Å². The van der Waals surface area contributed by atoms with Gasteiger partial charge >= 0.3 is 5.97 Å². The lowest BCUT2D eigenvalue weighted by molar-refractivity contribution is -0.141. The smallest absolute Gasteiger partial charge is 0.302 e. The fourth-order valence-corrected chi connectivity index (χ4v) is 1.78. The Bertz CT molecular complexity index is 345. The Hall–Kier alpha value is -1.57. The van der Waals surface area contributed by atoms with Crippen LogP contribution >= 0.6 is 0 Å². The van der Waals surface area contributed by atoms with Gasteiger partial charge in [0.1, 0.15) is 0 Å². The second-order valence-corrected chi connectivity index (χ2v) is 4.50. The van der Waals surface area contributed by atoms with Gasteiger partial charge < -0.3 is 4.74 Å². The Morgan fingerprint density at radius 2 is 1.94 bits per heavy atom. The zero-order chi connectivity index (χ0) is 13.2. The van der Waals surface area contributed by atoms with Crippen LogP contribution in [0.2, 0.25) is 0 Å². The van der Waals surface area contributed by atoms with E-state index in [1.54, 1.807) is 0 Å². The Balaban J connectivity index is 2.22. The summed E-state index contributed by atoms with van der Waals surface area (Å²) in [6, 6.07) is 0. The fraction of sp³-hybridized carbons (Fsp3) is 0.438. The lowest BCUT2D eigenvalue weighted by Crippen LogP contribution is -2.03. The molecule has 1 aliphatic rings. The molecule has 1 rings (SSSR count). The number of unbranched alkanes of at least 4 members (excludes halogenated alkanes) is 1. The van der Waals surface area contributed by atoms with Gasteiger partial charge in [-0.05, 0) is 18.8 Å². The van der Waals surface area contributed by atoms with Crippen molar-refractivity contribution in [3.63, 3.8) is 0 Å². The first kappa shape index (κ1) is 14.5. The summed E-state index contributed by atoms with van der Waals surface area (Å²) in [6.07, 6.45) is 19.0.